The Kier molecular flexibility index (Phi) is 15.0. The van der Waals surface area contributed by atoms with Gasteiger partial charge in [0.2, 0.25) is 0 Å². The summed E-state index contributed by atoms with van der Waals surface area (Å²) in [4.78, 5) is 4.02. The number of allylic oxidation sites excluding steroid dienone is 1. The fraction of sp³-hybridized carbons (Fsp3) is 0.423. The number of phenolic OH excluding ortho intramolecular Hbond substituents is 1. The van der Waals surface area contributed by atoms with Crippen LogP contribution in [-0.4, -0.2) is 52.3 Å². The van der Waals surface area contributed by atoms with Gasteiger partial charge in [0.05, 0.1) is 21.5 Å². The molecule has 4 atom stereocenters. The molecule has 0 unspecified atom stereocenters. The zero-order valence-electron chi connectivity index (χ0n) is 21.8. The molecule has 38 heavy (non-hydrogen) atoms. The van der Waals surface area contributed by atoms with E-state index in [1.54, 1.807) is 36.4 Å². The van der Waals surface area contributed by atoms with Gasteiger partial charge in [-0.2, -0.15) is 0 Å². The number of benzene rings is 2. The smallest absolute Gasteiger partial charge is 0.748 e. The molecule has 0 spiro atoms. The van der Waals surface area contributed by atoms with Gasteiger partial charge in [0.15, 0.2) is 12.2 Å². The van der Waals surface area contributed by atoms with E-state index in [9.17, 15) is 23.2 Å². The van der Waals surface area contributed by atoms with Crippen molar-refractivity contribution in [2.75, 3.05) is 6.61 Å². The van der Waals surface area contributed by atoms with Gasteiger partial charge < -0.3 is 36.1 Å². The van der Waals surface area contributed by atoms with Crippen molar-refractivity contribution in [1.82, 2.24) is 0 Å². The first-order chi connectivity index (χ1) is 17.5. The minimum absolute atomic E-state index is 0. The summed E-state index contributed by atoms with van der Waals surface area (Å²) < 4.78 is 41.8. The molecule has 204 valence electrons. The molecule has 7 N–H and O–H groups in total. The molecule has 0 aliphatic carbocycles. The number of rotatable bonds is 15. The summed E-state index contributed by atoms with van der Waals surface area (Å²) in [6, 6.07) is 13.0. The summed E-state index contributed by atoms with van der Waals surface area (Å²) in [6.07, 6.45) is 2.86. The topological polar surface area (TPSA) is 192 Å². The van der Waals surface area contributed by atoms with Gasteiger partial charge in [0, 0.05) is 13.0 Å². The van der Waals surface area contributed by atoms with Gasteiger partial charge in [-0.05, 0) is 67.0 Å². The third-order valence-electron chi connectivity index (χ3n) is 5.93. The first-order valence-corrected chi connectivity index (χ1v) is 13.5. The maximum atomic E-state index is 12.0. The fourth-order valence-corrected chi connectivity index (χ4v) is 4.70. The van der Waals surface area contributed by atoms with Crippen LogP contribution in [0.25, 0.3) is 0 Å². The first-order valence-electron chi connectivity index (χ1n) is 12.1. The molecule has 0 aliphatic heterocycles. The van der Waals surface area contributed by atoms with E-state index in [-0.39, 0.29) is 66.6 Å². The molecule has 0 saturated carbocycles. The number of phenols is 1. The second kappa shape index (κ2) is 16.8. The van der Waals surface area contributed by atoms with Gasteiger partial charge in [0.25, 0.3) is 0 Å². The van der Waals surface area contributed by atoms with Gasteiger partial charge in [0.1, 0.15) is 11.5 Å². The fourth-order valence-electron chi connectivity index (χ4n) is 3.89. The van der Waals surface area contributed by atoms with Crippen molar-refractivity contribution in [3.63, 3.8) is 0 Å². The van der Waals surface area contributed by atoms with Gasteiger partial charge in [-0.1, -0.05) is 43.3 Å². The third kappa shape index (κ3) is 11.7. The van der Waals surface area contributed by atoms with Gasteiger partial charge in [-0.3, -0.25) is 0 Å². The molecule has 0 bridgehead atoms. The third-order valence-corrected chi connectivity index (χ3v) is 7.13. The van der Waals surface area contributed by atoms with Crippen molar-refractivity contribution >= 4 is 16.1 Å². The Hall–Kier alpha value is -2.12. The Bertz CT molecular complexity index is 1120. The van der Waals surface area contributed by atoms with E-state index in [1.807, 2.05) is 6.92 Å². The molecular formula is C26H36N3NaO7S. The summed E-state index contributed by atoms with van der Waals surface area (Å²) in [7, 11) is -4.59. The van der Waals surface area contributed by atoms with Crippen molar-refractivity contribution in [1.29, 1.82) is 0 Å². The molecule has 2 aromatic carbocycles. The predicted octanol–water partition coefficient (Wildman–Crippen LogP) is -0.376. The average molecular weight is 558 g/mol. The van der Waals surface area contributed by atoms with Crippen LogP contribution < -0.4 is 45.8 Å². The quantitative estimate of drug-likeness (QED) is 0.0639. The minimum atomic E-state index is -4.59. The summed E-state index contributed by atoms with van der Waals surface area (Å²) in [6.45, 7) is 1.89. The number of aromatic hydroxyl groups is 1. The Morgan fingerprint density at radius 1 is 1.11 bits per heavy atom. The van der Waals surface area contributed by atoms with E-state index in [4.69, 9.17) is 21.3 Å². The molecule has 12 heteroatoms. The monoisotopic (exact) mass is 557 g/mol. The Balaban J connectivity index is 0.00000722. The van der Waals surface area contributed by atoms with Crippen molar-refractivity contribution in [3.8, 4) is 11.5 Å². The van der Waals surface area contributed by atoms with Crippen LogP contribution in [-0.2, 0) is 10.1 Å². The minimum Gasteiger partial charge on any atom is -0.748 e. The number of hydrogen-bond donors (Lipinski definition) is 5. The number of aliphatic hydroxyl groups excluding tert-OH is 2. The predicted molar refractivity (Wildman–Crippen MR) is 141 cm³/mol. The van der Waals surface area contributed by atoms with Crippen molar-refractivity contribution in [2.24, 2.45) is 16.5 Å². The molecule has 2 aromatic rings. The molecule has 10 nitrogen and oxygen atoms in total. The Labute approximate surface area is 246 Å². The normalized spacial score (nSPS) is 14.7. The number of hydrogen-bond acceptors (Lipinski definition) is 8. The molecule has 0 saturated heterocycles. The van der Waals surface area contributed by atoms with Crippen LogP contribution in [0.3, 0.4) is 0 Å². The SMILES string of the molecule is CC[C@H](C[C@H](C/C=C/[C@@H](O)c1ccc(O)cc1)S(=O)(=O)[O-])c1ccc(O[C@@H](CCCO)N=C(N)N)cc1.[Na+]. The average Bonchev–Trinajstić information content (AvgIpc) is 2.84. The molecular weight excluding hydrogens is 521 g/mol. The van der Waals surface area contributed by atoms with Crippen LogP contribution in [0.15, 0.2) is 65.7 Å². The van der Waals surface area contributed by atoms with Gasteiger partial charge in [-0.25, -0.2) is 13.4 Å². The van der Waals surface area contributed by atoms with Crippen molar-refractivity contribution < 1.29 is 62.6 Å². The van der Waals surface area contributed by atoms with E-state index >= 15 is 0 Å². The first kappa shape index (κ1) is 33.9. The molecule has 0 aliphatic rings. The Morgan fingerprint density at radius 3 is 2.24 bits per heavy atom. The zero-order valence-corrected chi connectivity index (χ0v) is 24.6. The van der Waals surface area contributed by atoms with Crippen molar-refractivity contribution in [3.05, 3.63) is 71.8 Å². The van der Waals surface area contributed by atoms with Crippen LogP contribution in [0.4, 0.5) is 0 Å². The summed E-state index contributed by atoms with van der Waals surface area (Å²) in [5.41, 5.74) is 12.3. The molecule has 0 aromatic heterocycles. The van der Waals surface area contributed by atoms with Gasteiger partial charge >= 0.3 is 29.6 Å². The van der Waals surface area contributed by atoms with Crippen LogP contribution in [0, 0.1) is 0 Å². The molecule has 0 heterocycles. The van der Waals surface area contributed by atoms with E-state index in [2.05, 4.69) is 4.99 Å². The molecule has 2 rings (SSSR count). The second-order valence-electron chi connectivity index (χ2n) is 8.72. The largest absolute Gasteiger partial charge is 1.00 e. The summed E-state index contributed by atoms with van der Waals surface area (Å²) >= 11 is 0. The van der Waals surface area contributed by atoms with Crippen LogP contribution >= 0.6 is 0 Å². The summed E-state index contributed by atoms with van der Waals surface area (Å²) in [5.74, 6) is 0.254. The van der Waals surface area contributed by atoms with Crippen LogP contribution in [0.5, 0.6) is 11.5 Å². The van der Waals surface area contributed by atoms with E-state index < -0.39 is 27.7 Å². The van der Waals surface area contributed by atoms with E-state index in [0.29, 0.717) is 30.6 Å². The molecule has 0 amide bonds. The van der Waals surface area contributed by atoms with Crippen LogP contribution in [0.1, 0.15) is 62.2 Å². The Morgan fingerprint density at radius 2 is 1.71 bits per heavy atom. The molecule has 0 fully saturated rings. The van der Waals surface area contributed by atoms with E-state index in [0.717, 1.165) is 5.56 Å². The summed E-state index contributed by atoms with van der Waals surface area (Å²) in [5, 5.41) is 27.5. The molecule has 0 radical (unpaired) electrons. The maximum absolute atomic E-state index is 12.0. The van der Waals surface area contributed by atoms with E-state index in [1.165, 1.54) is 24.3 Å². The number of aliphatic hydroxyl groups is 2. The standard InChI is InChI=1S/C26H37N3O7S.Na/c1-2-18(19-10-14-22(15-11-19)36-25(7-4-16-30)29-26(27)28)17-23(37(33,34)35)5-3-6-24(32)20-8-12-21(31)13-9-20;/h3,6,8-15,18,23-25,30-32H,2,4-5,7,16-17H2,1H3,(H4,27,28,29)(H,33,34,35);/q;+1/p-1/b6-3+;/t18-,23+,24-,25+;/m1./s1. The number of nitrogens with two attached hydrogens (primary N) is 2. The second-order valence-corrected chi connectivity index (χ2v) is 10.4. The maximum Gasteiger partial charge on any atom is 1.00 e. The number of guanidine groups is 1. The van der Waals surface area contributed by atoms with Gasteiger partial charge in [-0.15, -0.1) is 0 Å². The van der Waals surface area contributed by atoms with Crippen molar-refractivity contribution in [2.45, 2.75) is 62.5 Å². The number of nitrogens with zero attached hydrogens (tertiary/aromatic N) is 1. The van der Waals surface area contributed by atoms with Crippen LogP contribution in [0.2, 0.25) is 0 Å². The zero-order chi connectivity index (χ0) is 27.4. The number of ether oxygens (including phenoxy) is 1. The number of aliphatic imine (C=N–C) groups is 1.